The number of ketones is 1. The summed E-state index contributed by atoms with van der Waals surface area (Å²) in [6.07, 6.45) is 4.67. The van der Waals surface area contributed by atoms with Gasteiger partial charge in [-0.25, -0.2) is 0 Å². The van der Waals surface area contributed by atoms with Gasteiger partial charge in [0.1, 0.15) is 17.6 Å². The number of allylic oxidation sites excluding steroid dienone is 2. The highest BCUT2D eigenvalue weighted by Crippen LogP contribution is 2.35. The summed E-state index contributed by atoms with van der Waals surface area (Å²) in [7, 11) is 0. The second kappa shape index (κ2) is 6.30. The Morgan fingerprint density at radius 1 is 1.12 bits per heavy atom. The molecule has 0 saturated carbocycles. The molecule has 0 unspecified atom stereocenters. The quantitative estimate of drug-likeness (QED) is 0.825. The number of fused-ring (bicyclic) bond motifs is 3. The number of carbonyl (C=O) groups is 1. The molecule has 122 valence electrons. The summed E-state index contributed by atoms with van der Waals surface area (Å²) in [5.41, 5.74) is 3.01. The van der Waals surface area contributed by atoms with E-state index >= 15 is 0 Å². The van der Waals surface area contributed by atoms with Crippen molar-refractivity contribution in [1.82, 2.24) is 10.6 Å². The Balaban J connectivity index is 1.85. The van der Waals surface area contributed by atoms with Gasteiger partial charge in [-0.05, 0) is 35.1 Å². The van der Waals surface area contributed by atoms with Gasteiger partial charge in [0.15, 0.2) is 5.78 Å². The Kier molecular flexibility index (Phi) is 4.00. The Morgan fingerprint density at radius 2 is 1.96 bits per heavy atom. The third kappa shape index (κ3) is 2.79. The zero-order valence-corrected chi connectivity index (χ0v) is 13.8. The first-order valence-electron chi connectivity index (χ1n) is 7.93. The molecule has 2 N–H and O–H groups in total. The number of benzene rings is 2. The smallest absolute Gasteiger partial charge is 0.180 e. The Labute approximate surface area is 145 Å². The molecular formula is C19H17ClN2O2. The first kappa shape index (κ1) is 15.2. The van der Waals surface area contributed by atoms with Crippen molar-refractivity contribution in [2.75, 3.05) is 19.8 Å². The second-order valence-electron chi connectivity index (χ2n) is 5.97. The van der Waals surface area contributed by atoms with E-state index in [1.807, 2.05) is 36.4 Å². The summed E-state index contributed by atoms with van der Waals surface area (Å²) in [5.74, 6) is 0.747. The molecule has 2 aromatic rings. The highest BCUT2D eigenvalue weighted by molar-refractivity contribution is 6.29. The van der Waals surface area contributed by atoms with E-state index in [-0.39, 0.29) is 5.78 Å². The topological polar surface area (TPSA) is 50.4 Å². The fourth-order valence-corrected chi connectivity index (χ4v) is 3.32. The molecule has 2 heterocycles. The second-order valence-corrected chi connectivity index (χ2v) is 6.37. The van der Waals surface area contributed by atoms with Crippen molar-refractivity contribution in [3.8, 4) is 5.75 Å². The summed E-state index contributed by atoms with van der Waals surface area (Å²) in [6.45, 7) is 1.36. The zero-order chi connectivity index (χ0) is 16.5. The maximum absolute atomic E-state index is 12.4. The summed E-state index contributed by atoms with van der Waals surface area (Å²) in [6, 6.07) is 10.1. The van der Waals surface area contributed by atoms with Crippen molar-refractivity contribution >= 4 is 28.2 Å². The average molecular weight is 341 g/mol. The number of nitrogens with one attached hydrogen (secondary N) is 2. The Hall–Kier alpha value is -2.30. The van der Waals surface area contributed by atoms with Crippen molar-refractivity contribution in [1.29, 1.82) is 0 Å². The van der Waals surface area contributed by atoms with Gasteiger partial charge in [0.05, 0.1) is 12.1 Å². The van der Waals surface area contributed by atoms with Crippen LogP contribution < -0.4 is 15.4 Å². The van der Waals surface area contributed by atoms with Crippen LogP contribution in [0.3, 0.4) is 0 Å². The number of Topliss-reactive ketones (excluding diaryl/α,β-unsaturated/α-hetero) is 1. The van der Waals surface area contributed by atoms with E-state index in [1.165, 1.54) is 5.57 Å². The van der Waals surface area contributed by atoms with E-state index in [0.717, 1.165) is 22.8 Å². The molecule has 0 amide bonds. The molecule has 0 radical (unpaired) electrons. The van der Waals surface area contributed by atoms with Crippen LogP contribution in [0.1, 0.15) is 15.9 Å². The van der Waals surface area contributed by atoms with Gasteiger partial charge in [0.2, 0.25) is 0 Å². The molecule has 4 rings (SSSR count). The van der Waals surface area contributed by atoms with Gasteiger partial charge in [0, 0.05) is 11.9 Å². The van der Waals surface area contributed by atoms with Crippen LogP contribution in [0.15, 0.2) is 53.2 Å². The molecule has 0 saturated heterocycles. The Bertz CT molecular complexity index is 886. The van der Waals surface area contributed by atoms with Gasteiger partial charge in [-0.1, -0.05) is 41.9 Å². The summed E-state index contributed by atoms with van der Waals surface area (Å²) >= 11 is 5.95. The predicted octanol–water partition coefficient (Wildman–Crippen LogP) is 3.11. The van der Waals surface area contributed by atoms with Gasteiger partial charge in [-0.3, -0.25) is 10.1 Å². The number of ether oxygens (including phenoxy) is 1. The van der Waals surface area contributed by atoms with Crippen LogP contribution in [0.5, 0.6) is 5.75 Å². The summed E-state index contributed by atoms with van der Waals surface area (Å²) in [4.78, 5) is 12.4. The highest BCUT2D eigenvalue weighted by atomic mass is 35.5. The minimum atomic E-state index is 0.0631. The number of dihydropyridines is 1. The maximum atomic E-state index is 12.4. The lowest BCUT2D eigenvalue weighted by molar-refractivity contribution is 0.0993. The molecule has 24 heavy (non-hydrogen) atoms. The molecule has 4 nitrogen and oxygen atoms in total. The van der Waals surface area contributed by atoms with Gasteiger partial charge < -0.3 is 10.1 Å². The van der Waals surface area contributed by atoms with Crippen molar-refractivity contribution in [3.63, 3.8) is 0 Å². The highest BCUT2D eigenvalue weighted by Gasteiger charge is 2.21. The SMILES string of the molecule is O=C1CNCOc2c1cc(CC1=CC=C(Cl)NC1)c1ccccc21. The van der Waals surface area contributed by atoms with Gasteiger partial charge in [-0.2, -0.15) is 0 Å². The van der Waals surface area contributed by atoms with E-state index in [2.05, 4.69) is 16.7 Å². The van der Waals surface area contributed by atoms with Crippen LogP contribution in [0, 0.1) is 0 Å². The molecule has 5 heteroatoms. The van der Waals surface area contributed by atoms with Crippen LogP contribution in [-0.4, -0.2) is 25.6 Å². The van der Waals surface area contributed by atoms with Crippen molar-refractivity contribution in [2.24, 2.45) is 0 Å². The number of rotatable bonds is 2. The van der Waals surface area contributed by atoms with Crippen molar-refractivity contribution < 1.29 is 9.53 Å². The van der Waals surface area contributed by atoms with Crippen LogP contribution in [0.2, 0.25) is 0 Å². The molecule has 0 spiro atoms. The monoisotopic (exact) mass is 340 g/mol. The number of hydrogen-bond donors (Lipinski definition) is 2. The lowest BCUT2D eigenvalue weighted by atomic mass is 9.93. The molecule has 2 aromatic carbocycles. The molecular weight excluding hydrogens is 324 g/mol. The zero-order valence-electron chi connectivity index (χ0n) is 13.1. The third-order valence-electron chi connectivity index (χ3n) is 4.35. The first-order chi connectivity index (χ1) is 11.7. The molecule has 0 atom stereocenters. The molecule has 2 aliphatic heterocycles. The number of hydrogen-bond acceptors (Lipinski definition) is 4. The van der Waals surface area contributed by atoms with E-state index in [0.29, 0.717) is 36.3 Å². The largest absolute Gasteiger partial charge is 0.477 e. The van der Waals surface area contributed by atoms with Gasteiger partial charge in [-0.15, -0.1) is 0 Å². The molecule has 2 aliphatic rings. The fourth-order valence-electron chi connectivity index (χ4n) is 3.19. The molecule has 0 aromatic heterocycles. The van der Waals surface area contributed by atoms with Gasteiger partial charge in [0.25, 0.3) is 0 Å². The van der Waals surface area contributed by atoms with E-state index in [1.54, 1.807) is 0 Å². The molecule has 0 fully saturated rings. The third-order valence-corrected chi connectivity index (χ3v) is 4.61. The van der Waals surface area contributed by atoms with E-state index in [4.69, 9.17) is 16.3 Å². The summed E-state index contributed by atoms with van der Waals surface area (Å²) in [5, 5.41) is 8.89. The van der Waals surface area contributed by atoms with Crippen LogP contribution in [0.4, 0.5) is 0 Å². The minimum Gasteiger partial charge on any atom is -0.477 e. The predicted molar refractivity (Wildman–Crippen MR) is 95.5 cm³/mol. The summed E-state index contributed by atoms with van der Waals surface area (Å²) < 4.78 is 5.81. The van der Waals surface area contributed by atoms with E-state index < -0.39 is 0 Å². The molecule has 0 bridgehead atoms. The fraction of sp³-hybridized carbons (Fsp3) is 0.211. The van der Waals surface area contributed by atoms with Crippen molar-refractivity contribution in [2.45, 2.75) is 6.42 Å². The maximum Gasteiger partial charge on any atom is 0.180 e. The van der Waals surface area contributed by atoms with Crippen LogP contribution >= 0.6 is 11.6 Å². The van der Waals surface area contributed by atoms with Crippen LogP contribution in [0.25, 0.3) is 10.8 Å². The minimum absolute atomic E-state index is 0.0631. The standard InChI is InChI=1S/C19H17ClN2O2/c20-18-6-5-12(9-22-18)7-13-8-16-17(23)10-21-11-24-19(16)15-4-2-1-3-14(13)15/h1-6,8,21-22H,7,9-11H2. The number of carbonyl (C=O) groups excluding carboxylic acids is 1. The van der Waals surface area contributed by atoms with Crippen LogP contribution in [-0.2, 0) is 6.42 Å². The lowest BCUT2D eigenvalue weighted by Gasteiger charge is -2.17. The normalized spacial score (nSPS) is 17.3. The Morgan fingerprint density at radius 3 is 2.75 bits per heavy atom. The first-order valence-corrected chi connectivity index (χ1v) is 8.30. The lowest BCUT2D eigenvalue weighted by Crippen LogP contribution is -2.22. The average Bonchev–Trinajstić information content (AvgIpc) is 2.79. The number of halogens is 1. The van der Waals surface area contributed by atoms with Gasteiger partial charge >= 0.3 is 0 Å². The van der Waals surface area contributed by atoms with Crippen molar-refractivity contribution in [3.05, 3.63) is 64.3 Å². The molecule has 0 aliphatic carbocycles. The van der Waals surface area contributed by atoms with E-state index in [9.17, 15) is 4.79 Å².